The fourth-order valence-corrected chi connectivity index (χ4v) is 2.11. The van der Waals surface area contributed by atoms with E-state index in [1.807, 2.05) is 0 Å². The molecule has 2 N–H and O–H groups in total. The van der Waals surface area contributed by atoms with Crippen molar-refractivity contribution in [2.75, 3.05) is 5.73 Å². The number of hydrogen-bond acceptors (Lipinski definition) is 4. The molecule has 0 aromatic carbocycles. The third kappa shape index (κ3) is 3.22. The number of nitrogens with zero attached hydrogens (tertiary/aromatic N) is 2. The predicted molar refractivity (Wildman–Crippen MR) is 56.7 cm³/mol. The van der Waals surface area contributed by atoms with Crippen molar-refractivity contribution in [3.05, 3.63) is 12.4 Å². The summed E-state index contributed by atoms with van der Waals surface area (Å²) >= 11 is 1.70. The van der Waals surface area contributed by atoms with Crippen LogP contribution in [0.1, 0.15) is 26.7 Å². The zero-order valence-corrected chi connectivity index (χ0v) is 8.84. The van der Waals surface area contributed by atoms with Crippen LogP contribution in [0.15, 0.2) is 17.4 Å². The van der Waals surface area contributed by atoms with Gasteiger partial charge in [-0.05, 0) is 6.42 Å². The van der Waals surface area contributed by atoms with Gasteiger partial charge in [-0.2, -0.15) is 0 Å². The van der Waals surface area contributed by atoms with Crippen molar-refractivity contribution < 1.29 is 0 Å². The third-order valence-corrected chi connectivity index (χ3v) is 2.88. The molecule has 0 amide bonds. The second-order valence-electron chi connectivity index (χ2n) is 2.96. The van der Waals surface area contributed by atoms with E-state index in [0.717, 1.165) is 5.03 Å². The van der Waals surface area contributed by atoms with Crippen molar-refractivity contribution in [1.82, 2.24) is 9.97 Å². The number of rotatable bonds is 4. The van der Waals surface area contributed by atoms with E-state index in [1.54, 1.807) is 24.2 Å². The molecular formula is C9H15N3S. The van der Waals surface area contributed by atoms with Gasteiger partial charge in [0.05, 0.1) is 0 Å². The fourth-order valence-electron chi connectivity index (χ4n) is 1.08. The first kappa shape index (κ1) is 10.3. The molecular weight excluding hydrogens is 182 g/mol. The molecule has 1 heterocycles. The van der Waals surface area contributed by atoms with Crippen LogP contribution in [0.3, 0.4) is 0 Å². The van der Waals surface area contributed by atoms with Gasteiger partial charge in [-0.1, -0.05) is 32.0 Å². The Morgan fingerprint density at radius 3 is 2.77 bits per heavy atom. The van der Waals surface area contributed by atoms with E-state index in [4.69, 9.17) is 5.73 Å². The Morgan fingerprint density at radius 1 is 1.46 bits per heavy atom. The highest BCUT2D eigenvalue weighted by Gasteiger charge is 2.07. The number of thioether (sulfide) groups is 1. The SMILES string of the molecule is CCCC(C)Sc1nccnc1N. The van der Waals surface area contributed by atoms with Gasteiger partial charge in [0.25, 0.3) is 0 Å². The summed E-state index contributed by atoms with van der Waals surface area (Å²) in [4.78, 5) is 8.16. The summed E-state index contributed by atoms with van der Waals surface area (Å²) in [6.07, 6.45) is 5.66. The number of nitrogen functional groups attached to an aromatic ring is 1. The summed E-state index contributed by atoms with van der Waals surface area (Å²) < 4.78 is 0. The number of aromatic nitrogens is 2. The van der Waals surface area contributed by atoms with Crippen LogP contribution in [-0.2, 0) is 0 Å². The summed E-state index contributed by atoms with van der Waals surface area (Å²) in [5.41, 5.74) is 5.67. The summed E-state index contributed by atoms with van der Waals surface area (Å²) in [6, 6.07) is 0. The third-order valence-electron chi connectivity index (χ3n) is 1.70. The van der Waals surface area contributed by atoms with Crippen LogP contribution in [0, 0.1) is 0 Å². The van der Waals surface area contributed by atoms with Crippen LogP contribution < -0.4 is 5.73 Å². The van der Waals surface area contributed by atoms with E-state index in [9.17, 15) is 0 Å². The molecule has 0 aliphatic rings. The first-order chi connectivity index (χ1) is 6.24. The van der Waals surface area contributed by atoms with Crippen LogP contribution >= 0.6 is 11.8 Å². The molecule has 0 saturated heterocycles. The normalized spacial score (nSPS) is 12.8. The summed E-state index contributed by atoms with van der Waals surface area (Å²) in [6.45, 7) is 4.36. The Hall–Kier alpha value is -0.770. The zero-order chi connectivity index (χ0) is 9.68. The smallest absolute Gasteiger partial charge is 0.156 e. The molecule has 0 aliphatic heterocycles. The standard InChI is InChI=1S/C9H15N3S/c1-3-4-7(2)13-9-8(10)11-5-6-12-9/h5-7H,3-4H2,1-2H3,(H2,10,11). The van der Waals surface area contributed by atoms with E-state index in [1.165, 1.54) is 12.8 Å². The molecule has 1 aromatic heterocycles. The van der Waals surface area contributed by atoms with E-state index in [0.29, 0.717) is 11.1 Å². The van der Waals surface area contributed by atoms with E-state index >= 15 is 0 Å². The van der Waals surface area contributed by atoms with Crippen LogP contribution in [0.5, 0.6) is 0 Å². The van der Waals surface area contributed by atoms with Gasteiger partial charge >= 0.3 is 0 Å². The first-order valence-corrected chi connectivity index (χ1v) is 5.35. The monoisotopic (exact) mass is 197 g/mol. The van der Waals surface area contributed by atoms with Crippen LogP contribution in [0.4, 0.5) is 5.82 Å². The fraction of sp³-hybridized carbons (Fsp3) is 0.556. The van der Waals surface area contributed by atoms with Crippen LogP contribution in [-0.4, -0.2) is 15.2 Å². The van der Waals surface area contributed by atoms with Crippen molar-refractivity contribution >= 4 is 17.6 Å². The Morgan fingerprint density at radius 2 is 2.15 bits per heavy atom. The lowest BCUT2D eigenvalue weighted by Gasteiger charge is -2.09. The summed E-state index contributed by atoms with van der Waals surface area (Å²) in [5, 5.41) is 1.41. The molecule has 0 spiro atoms. The van der Waals surface area contributed by atoms with Crippen molar-refractivity contribution in [3.8, 4) is 0 Å². The molecule has 1 atom stereocenters. The van der Waals surface area contributed by atoms with Gasteiger partial charge in [-0.15, -0.1) is 0 Å². The molecule has 0 aliphatic carbocycles. The van der Waals surface area contributed by atoms with Gasteiger partial charge in [-0.25, -0.2) is 9.97 Å². The number of nitrogens with two attached hydrogens (primary N) is 1. The van der Waals surface area contributed by atoms with Gasteiger partial charge in [0.2, 0.25) is 0 Å². The average molecular weight is 197 g/mol. The van der Waals surface area contributed by atoms with E-state index in [-0.39, 0.29) is 0 Å². The first-order valence-electron chi connectivity index (χ1n) is 4.47. The topological polar surface area (TPSA) is 51.8 Å². The summed E-state index contributed by atoms with van der Waals surface area (Å²) in [7, 11) is 0. The molecule has 0 bridgehead atoms. The second kappa shape index (κ2) is 5.07. The molecule has 1 rings (SSSR count). The average Bonchev–Trinajstić information content (AvgIpc) is 2.09. The largest absolute Gasteiger partial charge is 0.381 e. The maximum absolute atomic E-state index is 5.67. The highest BCUT2D eigenvalue weighted by atomic mass is 32.2. The Kier molecular flexibility index (Phi) is 4.02. The minimum atomic E-state index is 0.537. The minimum absolute atomic E-state index is 0.537. The maximum Gasteiger partial charge on any atom is 0.156 e. The van der Waals surface area contributed by atoms with Crippen LogP contribution in [0.2, 0.25) is 0 Å². The lowest BCUT2D eigenvalue weighted by Crippen LogP contribution is -2.00. The van der Waals surface area contributed by atoms with Gasteiger partial charge in [0.15, 0.2) is 5.82 Å². The molecule has 0 saturated carbocycles. The number of anilines is 1. The van der Waals surface area contributed by atoms with Gasteiger partial charge in [-0.3, -0.25) is 0 Å². The predicted octanol–water partition coefficient (Wildman–Crippen LogP) is 2.34. The van der Waals surface area contributed by atoms with Crippen LogP contribution in [0.25, 0.3) is 0 Å². The maximum atomic E-state index is 5.67. The quantitative estimate of drug-likeness (QED) is 0.753. The highest BCUT2D eigenvalue weighted by Crippen LogP contribution is 2.26. The second-order valence-corrected chi connectivity index (χ2v) is 4.39. The molecule has 72 valence electrons. The van der Waals surface area contributed by atoms with Crippen molar-refractivity contribution in [3.63, 3.8) is 0 Å². The van der Waals surface area contributed by atoms with E-state index in [2.05, 4.69) is 23.8 Å². The Bertz CT molecular complexity index is 265. The van der Waals surface area contributed by atoms with Gasteiger partial charge < -0.3 is 5.73 Å². The number of hydrogen-bond donors (Lipinski definition) is 1. The summed E-state index contributed by atoms with van der Waals surface area (Å²) in [5.74, 6) is 0.537. The lowest BCUT2D eigenvalue weighted by molar-refractivity contribution is 0.785. The molecule has 1 unspecified atom stereocenters. The Labute approximate surface area is 83.2 Å². The minimum Gasteiger partial charge on any atom is -0.381 e. The van der Waals surface area contributed by atoms with E-state index < -0.39 is 0 Å². The van der Waals surface area contributed by atoms with Crippen molar-refractivity contribution in [2.45, 2.75) is 37.0 Å². The molecule has 0 radical (unpaired) electrons. The molecule has 0 fully saturated rings. The molecule has 13 heavy (non-hydrogen) atoms. The lowest BCUT2D eigenvalue weighted by atomic mass is 10.3. The van der Waals surface area contributed by atoms with Crippen molar-refractivity contribution in [1.29, 1.82) is 0 Å². The molecule has 4 heteroatoms. The van der Waals surface area contributed by atoms with Gasteiger partial charge in [0, 0.05) is 17.6 Å². The zero-order valence-electron chi connectivity index (χ0n) is 8.03. The van der Waals surface area contributed by atoms with Crippen molar-refractivity contribution in [2.24, 2.45) is 0 Å². The molecule has 1 aromatic rings. The Balaban J connectivity index is 2.58. The van der Waals surface area contributed by atoms with Gasteiger partial charge in [0.1, 0.15) is 5.03 Å². The molecule has 3 nitrogen and oxygen atoms in total. The highest BCUT2D eigenvalue weighted by molar-refractivity contribution is 8.00.